The second kappa shape index (κ2) is 5.15. The SMILES string of the molecule is CC(c1ccc(F)cc1F)n1cnc2c1c(=O)n(C)c(=O)n2C. The van der Waals surface area contributed by atoms with Crippen molar-refractivity contribution in [2.45, 2.75) is 13.0 Å². The van der Waals surface area contributed by atoms with Crippen LogP contribution in [-0.4, -0.2) is 18.7 Å². The molecule has 0 aliphatic rings. The van der Waals surface area contributed by atoms with E-state index in [0.29, 0.717) is 0 Å². The summed E-state index contributed by atoms with van der Waals surface area (Å²) >= 11 is 0. The van der Waals surface area contributed by atoms with E-state index in [-0.39, 0.29) is 16.7 Å². The van der Waals surface area contributed by atoms with Crippen LogP contribution in [0.15, 0.2) is 34.1 Å². The molecule has 0 aliphatic heterocycles. The van der Waals surface area contributed by atoms with Crippen LogP contribution in [0, 0.1) is 11.6 Å². The minimum Gasteiger partial charge on any atom is -0.317 e. The van der Waals surface area contributed by atoms with E-state index in [2.05, 4.69) is 4.98 Å². The van der Waals surface area contributed by atoms with E-state index in [4.69, 9.17) is 0 Å². The van der Waals surface area contributed by atoms with Crippen molar-refractivity contribution in [1.29, 1.82) is 0 Å². The van der Waals surface area contributed by atoms with Gasteiger partial charge < -0.3 is 4.57 Å². The van der Waals surface area contributed by atoms with Gasteiger partial charge in [0.05, 0.1) is 12.4 Å². The molecule has 0 amide bonds. The molecule has 0 saturated carbocycles. The molecule has 0 radical (unpaired) electrons. The highest BCUT2D eigenvalue weighted by atomic mass is 19.1. The van der Waals surface area contributed by atoms with Crippen LogP contribution in [0.5, 0.6) is 0 Å². The summed E-state index contributed by atoms with van der Waals surface area (Å²) in [6, 6.07) is 2.68. The highest BCUT2D eigenvalue weighted by molar-refractivity contribution is 5.70. The number of aromatic nitrogens is 4. The van der Waals surface area contributed by atoms with E-state index in [1.807, 2.05) is 0 Å². The molecule has 0 spiro atoms. The Morgan fingerprint density at radius 3 is 2.48 bits per heavy atom. The summed E-state index contributed by atoms with van der Waals surface area (Å²) in [5.74, 6) is -1.38. The van der Waals surface area contributed by atoms with Crippen molar-refractivity contribution >= 4 is 11.2 Å². The third-order valence-electron chi connectivity index (χ3n) is 4.00. The molecule has 2 heterocycles. The summed E-state index contributed by atoms with van der Waals surface area (Å²) in [4.78, 5) is 28.4. The minimum absolute atomic E-state index is 0.186. The van der Waals surface area contributed by atoms with Crippen molar-refractivity contribution in [2.75, 3.05) is 0 Å². The first-order valence-electron chi connectivity index (χ1n) is 6.90. The Bertz CT molecular complexity index is 1030. The summed E-state index contributed by atoms with van der Waals surface area (Å²) in [5, 5.41) is 0. The summed E-state index contributed by atoms with van der Waals surface area (Å²) in [5.41, 5.74) is -0.386. The molecule has 8 heteroatoms. The van der Waals surface area contributed by atoms with Crippen LogP contribution < -0.4 is 11.2 Å². The Kier molecular flexibility index (Phi) is 3.39. The van der Waals surface area contributed by atoms with Gasteiger partial charge in [0.15, 0.2) is 11.2 Å². The van der Waals surface area contributed by atoms with Gasteiger partial charge in [0.25, 0.3) is 5.56 Å². The first-order chi connectivity index (χ1) is 10.8. The second-order valence-electron chi connectivity index (χ2n) is 5.37. The number of benzene rings is 1. The van der Waals surface area contributed by atoms with Gasteiger partial charge in [-0.1, -0.05) is 6.07 Å². The molecule has 23 heavy (non-hydrogen) atoms. The van der Waals surface area contributed by atoms with Crippen LogP contribution >= 0.6 is 0 Å². The molecule has 0 saturated heterocycles. The Morgan fingerprint density at radius 2 is 1.83 bits per heavy atom. The molecule has 3 rings (SSSR count). The lowest BCUT2D eigenvalue weighted by molar-refractivity contribution is 0.542. The number of nitrogens with zero attached hydrogens (tertiary/aromatic N) is 4. The Labute approximate surface area is 129 Å². The summed E-state index contributed by atoms with van der Waals surface area (Å²) < 4.78 is 30.8. The van der Waals surface area contributed by atoms with E-state index in [1.54, 1.807) is 6.92 Å². The molecule has 1 atom stereocenters. The quantitative estimate of drug-likeness (QED) is 0.715. The molecular weight excluding hydrogens is 306 g/mol. The molecule has 2 aromatic heterocycles. The zero-order valence-corrected chi connectivity index (χ0v) is 12.7. The van der Waals surface area contributed by atoms with E-state index in [1.165, 1.54) is 35.6 Å². The lowest BCUT2D eigenvalue weighted by atomic mass is 10.1. The fourth-order valence-electron chi connectivity index (χ4n) is 2.65. The second-order valence-corrected chi connectivity index (χ2v) is 5.37. The summed E-state index contributed by atoms with van der Waals surface area (Å²) in [6.07, 6.45) is 1.37. The Balaban J connectivity index is 2.29. The normalized spacial score (nSPS) is 12.7. The number of hydrogen-bond acceptors (Lipinski definition) is 3. The van der Waals surface area contributed by atoms with Gasteiger partial charge in [0.1, 0.15) is 11.6 Å². The van der Waals surface area contributed by atoms with Crippen molar-refractivity contribution in [1.82, 2.24) is 18.7 Å². The van der Waals surface area contributed by atoms with Crippen LogP contribution in [0.25, 0.3) is 11.2 Å². The van der Waals surface area contributed by atoms with Gasteiger partial charge in [-0.05, 0) is 13.0 Å². The molecule has 0 N–H and O–H groups in total. The molecular formula is C15H14F2N4O2. The van der Waals surface area contributed by atoms with Crippen molar-refractivity contribution in [3.05, 3.63) is 62.6 Å². The topological polar surface area (TPSA) is 61.8 Å². The molecule has 0 aliphatic carbocycles. The third kappa shape index (κ3) is 2.18. The Morgan fingerprint density at radius 1 is 1.13 bits per heavy atom. The van der Waals surface area contributed by atoms with Gasteiger partial charge in [-0.2, -0.15) is 0 Å². The van der Waals surface area contributed by atoms with E-state index < -0.39 is 28.9 Å². The zero-order chi connectivity index (χ0) is 16.9. The van der Waals surface area contributed by atoms with Gasteiger partial charge in [-0.15, -0.1) is 0 Å². The number of imidazole rings is 1. The number of rotatable bonds is 2. The number of halogens is 2. The molecule has 0 fully saturated rings. The molecule has 3 aromatic rings. The van der Waals surface area contributed by atoms with Crippen LogP contribution in [0.2, 0.25) is 0 Å². The number of fused-ring (bicyclic) bond motifs is 1. The molecule has 6 nitrogen and oxygen atoms in total. The monoisotopic (exact) mass is 320 g/mol. The van der Waals surface area contributed by atoms with Crippen molar-refractivity contribution < 1.29 is 8.78 Å². The summed E-state index contributed by atoms with van der Waals surface area (Å²) in [6.45, 7) is 1.67. The minimum atomic E-state index is -0.707. The lowest BCUT2D eigenvalue weighted by Gasteiger charge is -2.16. The molecule has 120 valence electrons. The van der Waals surface area contributed by atoms with Gasteiger partial charge in [-0.3, -0.25) is 13.9 Å². The van der Waals surface area contributed by atoms with Gasteiger partial charge in [0.2, 0.25) is 0 Å². The molecule has 1 aromatic carbocycles. The fourth-order valence-corrected chi connectivity index (χ4v) is 2.65. The summed E-state index contributed by atoms with van der Waals surface area (Å²) in [7, 11) is 2.87. The lowest BCUT2D eigenvalue weighted by Crippen LogP contribution is -2.37. The first-order valence-corrected chi connectivity index (χ1v) is 6.90. The van der Waals surface area contributed by atoms with Gasteiger partial charge in [-0.25, -0.2) is 18.6 Å². The highest BCUT2D eigenvalue weighted by Gasteiger charge is 2.20. The van der Waals surface area contributed by atoms with Crippen molar-refractivity contribution in [3.63, 3.8) is 0 Å². The fraction of sp³-hybridized carbons (Fsp3) is 0.267. The van der Waals surface area contributed by atoms with E-state index >= 15 is 0 Å². The maximum atomic E-state index is 14.0. The predicted octanol–water partition coefficient (Wildman–Crippen LogP) is 1.32. The standard InChI is InChI=1S/C15H14F2N4O2/c1-8(10-5-4-9(16)6-11(10)17)21-7-18-13-12(21)14(22)20(3)15(23)19(13)2/h4-8H,1-3H3. The first kappa shape index (κ1) is 15.1. The van der Waals surface area contributed by atoms with Crippen LogP contribution in [0.3, 0.4) is 0 Å². The van der Waals surface area contributed by atoms with Crippen LogP contribution in [-0.2, 0) is 14.1 Å². The van der Waals surface area contributed by atoms with Crippen LogP contribution in [0.4, 0.5) is 8.78 Å². The number of hydrogen-bond donors (Lipinski definition) is 0. The molecule has 0 bridgehead atoms. The average Bonchev–Trinajstić information content (AvgIpc) is 2.95. The van der Waals surface area contributed by atoms with Crippen molar-refractivity contribution in [3.8, 4) is 0 Å². The zero-order valence-electron chi connectivity index (χ0n) is 12.7. The largest absolute Gasteiger partial charge is 0.332 e. The smallest absolute Gasteiger partial charge is 0.317 e. The number of aryl methyl sites for hydroxylation is 1. The highest BCUT2D eigenvalue weighted by Crippen LogP contribution is 2.24. The predicted molar refractivity (Wildman–Crippen MR) is 80.4 cm³/mol. The van der Waals surface area contributed by atoms with E-state index in [9.17, 15) is 18.4 Å². The molecule has 1 unspecified atom stereocenters. The van der Waals surface area contributed by atoms with Gasteiger partial charge in [0, 0.05) is 25.7 Å². The van der Waals surface area contributed by atoms with Gasteiger partial charge >= 0.3 is 5.69 Å². The van der Waals surface area contributed by atoms with E-state index in [0.717, 1.165) is 16.7 Å². The maximum Gasteiger partial charge on any atom is 0.332 e. The van der Waals surface area contributed by atoms with Crippen LogP contribution in [0.1, 0.15) is 18.5 Å². The Hall–Kier alpha value is -2.77. The maximum absolute atomic E-state index is 14.0. The van der Waals surface area contributed by atoms with Crippen molar-refractivity contribution in [2.24, 2.45) is 14.1 Å². The average molecular weight is 320 g/mol. The third-order valence-corrected chi connectivity index (χ3v) is 4.00.